The van der Waals surface area contributed by atoms with Gasteiger partial charge in [-0.3, -0.25) is 0 Å². The summed E-state index contributed by atoms with van der Waals surface area (Å²) in [5.41, 5.74) is 1.25. The number of likely N-dealkylation sites (N-methyl/N-ethyl adjacent to an activating group) is 1. The van der Waals surface area contributed by atoms with Crippen molar-refractivity contribution in [1.29, 1.82) is 0 Å². The smallest absolute Gasteiger partial charge is 0.0558 e. The lowest BCUT2D eigenvalue weighted by atomic mass is 10.0. The van der Waals surface area contributed by atoms with Crippen molar-refractivity contribution in [3.8, 4) is 0 Å². The van der Waals surface area contributed by atoms with E-state index in [0.29, 0.717) is 6.04 Å². The maximum absolute atomic E-state index is 8.97. The molecule has 0 aromatic heterocycles. The lowest BCUT2D eigenvalue weighted by molar-refractivity contribution is 0.196. The summed E-state index contributed by atoms with van der Waals surface area (Å²) in [5, 5.41) is 13.1. The molecule has 1 unspecified atom stereocenters. The Balaban J connectivity index is 2.53. The fourth-order valence-electron chi connectivity index (χ4n) is 2.05. The highest BCUT2D eigenvalue weighted by Crippen LogP contribution is 2.19. The standard InChI is InChI=1S/C14H23ClN2O/c1-3-17(10-11-18)9-8-14(16-2)12-4-6-13(15)7-5-12/h4-7,14,16,18H,3,8-11H2,1-2H3. The zero-order chi connectivity index (χ0) is 13.4. The van der Waals surface area contributed by atoms with Crippen LogP contribution in [0.25, 0.3) is 0 Å². The predicted molar refractivity (Wildman–Crippen MR) is 77.1 cm³/mol. The summed E-state index contributed by atoms with van der Waals surface area (Å²) in [7, 11) is 1.97. The van der Waals surface area contributed by atoms with Crippen LogP contribution in [0, 0.1) is 0 Å². The molecule has 18 heavy (non-hydrogen) atoms. The second-order valence-electron chi connectivity index (χ2n) is 4.34. The van der Waals surface area contributed by atoms with Crippen LogP contribution in [-0.4, -0.2) is 43.3 Å². The normalized spacial score (nSPS) is 12.9. The largest absolute Gasteiger partial charge is 0.395 e. The first-order chi connectivity index (χ1) is 8.71. The maximum Gasteiger partial charge on any atom is 0.0558 e. The molecule has 2 N–H and O–H groups in total. The molecule has 0 radical (unpaired) electrons. The first-order valence-corrected chi connectivity index (χ1v) is 6.85. The Labute approximate surface area is 115 Å². The SMILES string of the molecule is CCN(CCO)CCC(NC)c1ccc(Cl)cc1. The maximum atomic E-state index is 8.97. The third-order valence-corrected chi connectivity index (χ3v) is 3.47. The fraction of sp³-hybridized carbons (Fsp3) is 0.571. The van der Waals surface area contributed by atoms with E-state index in [1.807, 2.05) is 19.2 Å². The third-order valence-electron chi connectivity index (χ3n) is 3.22. The average molecular weight is 271 g/mol. The first kappa shape index (κ1) is 15.4. The van der Waals surface area contributed by atoms with Gasteiger partial charge in [-0.15, -0.1) is 0 Å². The number of halogens is 1. The molecule has 0 bridgehead atoms. The number of aliphatic hydroxyl groups excluding tert-OH is 1. The molecule has 0 saturated carbocycles. The Hall–Kier alpha value is -0.610. The van der Waals surface area contributed by atoms with Crippen LogP contribution in [0.15, 0.2) is 24.3 Å². The van der Waals surface area contributed by atoms with Crippen molar-refractivity contribution in [3.63, 3.8) is 0 Å². The molecule has 0 fully saturated rings. The number of aliphatic hydroxyl groups is 1. The molecule has 0 amide bonds. The van der Waals surface area contributed by atoms with Gasteiger partial charge in [0.25, 0.3) is 0 Å². The minimum atomic E-state index is 0.221. The molecule has 0 spiro atoms. The lowest BCUT2D eigenvalue weighted by Crippen LogP contribution is -2.30. The van der Waals surface area contributed by atoms with Crippen molar-refractivity contribution in [2.24, 2.45) is 0 Å². The number of nitrogens with zero attached hydrogens (tertiary/aromatic N) is 1. The number of hydrogen-bond donors (Lipinski definition) is 2. The van der Waals surface area contributed by atoms with Gasteiger partial charge in [-0.1, -0.05) is 30.7 Å². The van der Waals surface area contributed by atoms with Crippen LogP contribution in [0.3, 0.4) is 0 Å². The second-order valence-corrected chi connectivity index (χ2v) is 4.78. The van der Waals surface area contributed by atoms with E-state index >= 15 is 0 Å². The molecule has 102 valence electrons. The van der Waals surface area contributed by atoms with E-state index in [0.717, 1.165) is 31.1 Å². The van der Waals surface area contributed by atoms with Crippen LogP contribution in [0.2, 0.25) is 5.02 Å². The number of hydrogen-bond acceptors (Lipinski definition) is 3. The minimum absolute atomic E-state index is 0.221. The van der Waals surface area contributed by atoms with Gasteiger partial charge in [0.1, 0.15) is 0 Å². The summed E-state index contributed by atoms with van der Waals surface area (Å²) in [6.45, 7) is 5.03. The molecule has 0 heterocycles. The highest BCUT2D eigenvalue weighted by molar-refractivity contribution is 6.30. The van der Waals surface area contributed by atoms with E-state index in [9.17, 15) is 0 Å². The topological polar surface area (TPSA) is 35.5 Å². The molecule has 3 nitrogen and oxygen atoms in total. The Morgan fingerprint density at radius 3 is 2.44 bits per heavy atom. The molecule has 1 atom stereocenters. The minimum Gasteiger partial charge on any atom is -0.395 e. The van der Waals surface area contributed by atoms with E-state index in [2.05, 4.69) is 29.3 Å². The quantitative estimate of drug-likeness (QED) is 0.761. The fourth-order valence-corrected chi connectivity index (χ4v) is 2.18. The summed E-state index contributed by atoms with van der Waals surface area (Å²) < 4.78 is 0. The molecule has 1 rings (SSSR count). The van der Waals surface area contributed by atoms with Crippen molar-refractivity contribution in [2.75, 3.05) is 33.3 Å². The van der Waals surface area contributed by atoms with Gasteiger partial charge in [0, 0.05) is 24.2 Å². The Kier molecular flexibility index (Phi) is 7.28. The third kappa shape index (κ3) is 4.94. The van der Waals surface area contributed by atoms with Crippen LogP contribution >= 0.6 is 11.6 Å². The van der Waals surface area contributed by atoms with E-state index in [-0.39, 0.29) is 6.61 Å². The first-order valence-electron chi connectivity index (χ1n) is 6.47. The molecule has 1 aromatic rings. The summed E-state index contributed by atoms with van der Waals surface area (Å²) in [6.07, 6.45) is 1.02. The van der Waals surface area contributed by atoms with E-state index in [4.69, 9.17) is 16.7 Å². The summed E-state index contributed by atoms with van der Waals surface area (Å²) in [4.78, 5) is 2.25. The second kappa shape index (κ2) is 8.48. The highest BCUT2D eigenvalue weighted by Gasteiger charge is 2.11. The van der Waals surface area contributed by atoms with Gasteiger partial charge in [-0.05, 0) is 37.7 Å². The Morgan fingerprint density at radius 2 is 1.94 bits per heavy atom. The monoisotopic (exact) mass is 270 g/mol. The van der Waals surface area contributed by atoms with Gasteiger partial charge in [0.05, 0.1) is 6.61 Å². The molecule has 0 aliphatic heterocycles. The molecule has 4 heteroatoms. The van der Waals surface area contributed by atoms with Gasteiger partial charge in [0.2, 0.25) is 0 Å². The zero-order valence-corrected chi connectivity index (χ0v) is 12.0. The van der Waals surface area contributed by atoms with Crippen LogP contribution < -0.4 is 5.32 Å². The van der Waals surface area contributed by atoms with Gasteiger partial charge < -0.3 is 15.3 Å². The van der Waals surface area contributed by atoms with E-state index in [1.54, 1.807) is 0 Å². The summed E-state index contributed by atoms with van der Waals surface area (Å²) in [5.74, 6) is 0. The van der Waals surface area contributed by atoms with Crippen molar-refractivity contribution in [1.82, 2.24) is 10.2 Å². The van der Waals surface area contributed by atoms with Gasteiger partial charge >= 0.3 is 0 Å². The van der Waals surface area contributed by atoms with Gasteiger partial charge in [-0.25, -0.2) is 0 Å². The van der Waals surface area contributed by atoms with Gasteiger partial charge in [-0.2, -0.15) is 0 Å². The molecular formula is C14H23ClN2O. The van der Waals surface area contributed by atoms with E-state index in [1.165, 1.54) is 5.56 Å². The summed E-state index contributed by atoms with van der Waals surface area (Å²) in [6, 6.07) is 8.30. The Bertz CT molecular complexity index is 329. The van der Waals surface area contributed by atoms with Crippen molar-refractivity contribution in [2.45, 2.75) is 19.4 Å². The molecule has 0 aliphatic rings. The van der Waals surface area contributed by atoms with Crippen LogP contribution in [0.5, 0.6) is 0 Å². The number of rotatable bonds is 8. The highest BCUT2D eigenvalue weighted by atomic mass is 35.5. The van der Waals surface area contributed by atoms with Crippen molar-refractivity contribution in [3.05, 3.63) is 34.9 Å². The van der Waals surface area contributed by atoms with Gasteiger partial charge in [0.15, 0.2) is 0 Å². The molecule has 0 aliphatic carbocycles. The Morgan fingerprint density at radius 1 is 1.28 bits per heavy atom. The predicted octanol–water partition coefficient (Wildman–Crippen LogP) is 2.30. The molecular weight excluding hydrogens is 248 g/mol. The lowest BCUT2D eigenvalue weighted by Gasteiger charge is -2.23. The summed E-state index contributed by atoms with van der Waals surface area (Å²) >= 11 is 5.89. The zero-order valence-electron chi connectivity index (χ0n) is 11.2. The number of benzene rings is 1. The van der Waals surface area contributed by atoms with Crippen molar-refractivity contribution >= 4 is 11.6 Å². The van der Waals surface area contributed by atoms with E-state index < -0.39 is 0 Å². The molecule has 1 aromatic carbocycles. The number of nitrogens with one attached hydrogen (secondary N) is 1. The van der Waals surface area contributed by atoms with Crippen LogP contribution in [-0.2, 0) is 0 Å². The van der Waals surface area contributed by atoms with Crippen LogP contribution in [0.4, 0.5) is 0 Å². The average Bonchev–Trinajstić information content (AvgIpc) is 2.40. The molecule has 0 saturated heterocycles. The van der Waals surface area contributed by atoms with Crippen LogP contribution in [0.1, 0.15) is 24.9 Å². The van der Waals surface area contributed by atoms with Crippen molar-refractivity contribution < 1.29 is 5.11 Å².